The van der Waals surface area contributed by atoms with Gasteiger partial charge in [-0.1, -0.05) is 0 Å². The smallest absolute Gasteiger partial charge is 0.243 e. The van der Waals surface area contributed by atoms with Gasteiger partial charge in [-0.05, 0) is 0 Å². The van der Waals surface area contributed by atoms with Gasteiger partial charge in [-0.15, -0.1) is 0 Å². The average molecular weight is 205 g/mol. The van der Waals surface area contributed by atoms with Gasteiger partial charge in [-0.3, -0.25) is 5.10 Å². The fourth-order valence-corrected chi connectivity index (χ4v) is 1.67. The molecule has 0 saturated heterocycles. The second-order valence-corrected chi connectivity index (χ2v) is 4.09. The number of methoxy groups -OCH3 is 1. The normalized spacial score (nSPS) is 11.8. The van der Waals surface area contributed by atoms with Crippen molar-refractivity contribution in [3.63, 3.8) is 0 Å². The Morgan fingerprint density at radius 1 is 1.69 bits per heavy atom. The summed E-state index contributed by atoms with van der Waals surface area (Å²) in [6, 6.07) is 0. The number of nitrogens with zero attached hydrogens (tertiary/aromatic N) is 1. The van der Waals surface area contributed by atoms with Gasteiger partial charge < -0.3 is 4.74 Å². The highest BCUT2D eigenvalue weighted by Gasteiger charge is 2.13. The Morgan fingerprint density at radius 2 is 2.46 bits per heavy atom. The standard InChI is InChI=1S/C6H11N3O3S/c1-12-3-2-9-13(10,11)6-4-7-8-5-6/h4-5,9H,2-3H2,1H3,(H,7,8). The zero-order valence-electron chi connectivity index (χ0n) is 7.15. The van der Waals surface area contributed by atoms with Crippen molar-refractivity contribution >= 4 is 10.0 Å². The van der Waals surface area contributed by atoms with Gasteiger partial charge in [-0.2, -0.15) is 5.10 Å². The predicted octanol–water partition coefficient (Wildman–Crippen LogP) is -0.666. The highest BCUT2D eigenvalue weighted by molar-refractivity contribution is 7.89. The van der Waals surface area contributed by atoms with E-state index < -0.39 is 10.0 Å². The molecule has 0 aromatic carbocycles. The lowest BCUT2D eigenvalue weighted by Gasteiger charge is -2.02. The van der Waals surface area contributed by atoms with Crippen LogP contribution in [-0.4, -0.2) is 38.9 Å². The summed E-state index contributed by atoms with van der Waals surface area (Å²) in [5.41, 5.74) is 0. The molecule has 1 aromatic heterocycles. The molecule has 0 aliphatic carbocycles. The molecule has 1 rings (SSSR count). The lowest BCUT2D eigenvalue weighted by Crippen LogP contribution is -2.26. The lowest BCUT2D eigenvalue weighted by atomic mass is 10.7. The van der Waals surface area contributed by atoms with E-state index >= 15 is 0 Å². The first-order chi connectivity index (χ1) is 6.17. The van der Waals surface area contributed by atoms with Gasteiger partial charge in [0.1, 0.15) is 4.90 Å². The summed E-state index contributed by atoms with van der Waals surface area (Å²) in [6.07, 6.45) is 2.56. The fourth-order valence-electron chi connectivity index (χ4n) is 0.747. The number of nitrogens with one attached hydrogen (secondary N) is 2. The summed E-state index contributed by atoms with van der Waals surface area (Å²) in [5, 5.41) is 5.97. The molecule has 2 N–H and O–H groups in total. The van der Waals surface area contributed by atoms with E-state index in [1.807, 2.05) is 0 Å². The van der Waals surface area contributed by atoms with E-state index in [0.29, 0.717) is 6.61 Å². The van der Waals surface area contributed by atoms with Crippen LogP contribution in [0.3, 0.4) is 0 Å². The molecule has 6 nitrogen and oxygen atoms in total. The number of hydrogen-bond acceptors (Lipinski definition) is 4. The maximum atomic E-state index is 11.3. The Bertz CT molecular complexity index is 332. The third-order valence-corrected chi connectivity index (χ3v) is 2.81. The summed E-state index contributed by atoms with van der Waals surface area (Å²) in [5.74, 6) is 0. The van der Waals surface area contributed by atoms with Gasteiger partial charge in [0.25, 0.3) is 0 Å². The molecule has 7 heteroatoms. The van der Waals surface area contributed by atoms with E-state index in [2.05, 4.69) is 14.9 Å². The quantitative estimate of drug-likeness (QED) is 0.625. The van der Waals surface area contributed by atoms with E-state index in [1.165, 1.54) is 19.5 Å². The molecule has 0 aliphatic heterocycles. The number of sulfonamides is 1. The highest BCUT2D eigenvalue weighted by Crippen LogP contribution is 2.02. The molecule has 0 spiro atoms. The van der Waals surface area contributed by atoms with Crippen molar-refractivity contribution in [2.75, 3.05) is 20.3 Å². The summed E-state index contributed by atoms with van der Waals surface area (Å²) in [4.78, 5) is 0.128. The van der Waals surface area contributed by atoms with E-state index in [9.17, 15) is 8.42 Å². The van der Waals surface area contributed by atoms with Crippen LogP contribution in [0.4, 0.5) is 0 Å². The summed E-state index contributed by atoms with van der Waals surface area (Å²) >= 11 is 0. The van der Waals surface area contributed by atoms with Gasteiger partial charge >= 0.3 is 0 Å². The number of rotatable bonds is 5. The molecular weight excluding hydrogens is 194 g/mol. The van der Waals surface area contributed by atoms with Crippen LogP contribution >= 0.6 is 0 Å². The Morgan fingerprint density at radius 3 is 3.00 bits per heavy atom. The van der Waals surface area contributed by atoms with Gasteiger partial charge in [0.15, 0.2) is 0 Å². The van der Waals surface area contributed by atoms with Crippen molar-refractivity contribution in [2.45, 2.75) is 4.90 Å². The summed E-state index contributed by atoms with van der Waals surface area (Å²) in [6.45, 7) is 0.598. The molecule has 0 unspecified atom stereocenters. The Labute approximate surface area is 76.3 Å². The Balaban J connectivity index is 2.58. The molecule has 0 bridgehead atoms. The third kappa shape index (κ3) is 2.79. The van der Waals surface area contributed by atoms with E-state index in [4.69, 9.17) is 4.74 Å². The van der Waals surface area contributed by atoms with Crippen LogP contribution in [0, 0.1) is 0 Å². The number of aromatic nitrogens is 2. The molecule has 0 fully saturated rings. The zero-order chi connectivity index (χ0) is 9.73. The van der Waals surface area contributed by atoms with Crippen molar-refractivity contribution < 1.29 is 13.2 Å². The maximum Gasteiger partial charge on any atom is 0.243 e. The lowest BCUT2D eigenvalue weighted by molar-refractivity contribution is 0.204. The minimum atomic E-state index is -3.41. The molecule has 0 aliphatic rings. The first-order valence-corrected chi connectivity index (χ1v) is 5.12. The molecule has 74 valence electrons. The van der Waals surface area contributed by atoms with Crippen molar-refractivity contribution in [1.82, 2.24) is 14.9 Å². The summed E-state index contributed by atoms with van der Waals surface area (Å²) < 4.78 is 29.7. The van der Waals surface area contributed by atoms with Gasteiger partial charge in [0.2, 0.25) is 10.0 Å². The highest BCUT2D eigenvalue weighted by atomic mass is 32.2. The molecule has 1 heterocycles. The molecular formula is C6H11N3O3S. The molecule has 1 aromatic rings. The molecule has 0 amide bonds. The van der Waals surface area contributed by atoms with Crippen molar-refractivity contribution in [3.05, 3.63) is 12.4 Å². The average Bonchev–Trinajstić information content (AvgIpc) is 2.56. The van der Waals surface area contributed by atoms with E-state index in [1.54, 1.807) is 0 Å². The van der Waals surface area contributed by atoms with Crippen LogP contribution in [0.25, 0.3) is 0 Å². The first-order valence-electron chi connectivity index (χ1n) is 3.64. The SMILES string of the molecule is COCCNS(=O)(=O)c1cn[nH]c1. The number of aromatic amines is 1. The minimum Gasteiger partial charge on any atom is -0.383 e. The monoisotopic (exact) mass is 205 g/mol. The van der Waals surface area contributed by atoms with Crippen LogP contribution in [0.1, 0.15) is 0 Å². The Hall–Kier alpha value is -0.920. The van der Waals surface area contributed by atoms with Crippen LogP contribution in [0.15, 0.2) is 17.3 Å². The van der Waals surface area contributed by atoms with Crippen LogP contribution in [-0.2, 0) is 14.8 Å². The van der Waals surface area contributed by atoms with E-state index in [-0.39, 0.29) is 11.4 Å². The van der Waals surface area contributed by atoms with Crippen LogP contribution in [0.5, 0.6) is 0 Å². The summed E-state index contributed by atoms with van der Waals surface area (Å²) in [7, 11) is -1.91. The molecule has 0 atom stereocenters. The van der Waals surface area contributed by atoms with Gasteiger partial charge in [0, 0.05) is 19.9 Å². The third-order valence-electron chi connectivity index (χ3n) is 1.38. The molecule has 0 radical (unpaired) electrons. The number of ether oxygens (including phenoxy) is 1. The zero-order valence-corrected chi connectivity index (χ0v) is 7.97. The van der Waals surface area contributed by atoms with Gasteiger partial charge in [-0.25, -0.2) is 13.1 Å². The predicted molar refractivity (Wildman–Crippen MR) is 45.7 cm³/mol. The second kappa shape index (κ2) is 4.35. The minimum absolute atomic E-state index is 0.128. The Kier molecular flexibility index (Phi) is 3.40. The maximum absolute atomic E-state index is 11.3. The fraction of sp³-hybridized carbons (Fsp3) is 0.500. The first kappa shape index (κ1) is 10.2. The van der Waals surface area contributed by atoms with Crippen LogP contribution < -0.4 is 4.72 Å². The molecule has 13 heavy (non-hydrogen) atoms. The van der Waals surface area contributed by atoms with Crippen molar-refractivity contribution in [2.24, 2.45) is 0 Å². The van der Waals surface area contributed by atoms with Gasteiger partial charge in [0.05, 0.1) is 12.8 Å². The second-order valence-electron chi connectivity index (χ2n) is 2.32. The largest absolute Gasteiger partial charge is 0.383 e. The molecule has 0 saturated carbocycles. The number of H-pyrrole nitrogens is 1. The van der Waals surface area contributed by atoms with Crippen LogP contribution in [0.2, 0.25) is 0 Å². The van der Waals surface area contributed by atoms with E-state index in [0.717, 1.165) is 0 Å². The van der Waals surface area contributed by atoms with Crippen molar-refractivity contribution in [1.29, 1.82) is 0 Å². The topological polar surface area (TPSA) is 84.1 Å². The van der Waals surface area contributed by atoms with Crippen molar-refractivity contribution in [3.8, 4) is 0 Å². The number of hydrogen-bond donors (Lipinski definition) is 2.